The summed E-state index contributed by atoms with van der Waals surface area (Å²) < 4.78 is 51.8. The van der Waals surface area contributed by atoms with Gasteiger partial charge in [-0.2, -0.15) is 0 Å². The Hall–Kier alpha value is -3.00. The zero-order chi connectivity index (χ0) is 35.8. The number of halogens is 3. The highest BCUT2D eigenvalue weighted by Crippen LogP contribution is 2.35. The molecule has 2 heterocycles. The van der Waals surface area contributed by atoms with E-state index in [1.165, 1.54) is 0 Å². The van der Waals surface area contributed by atoms with Crippen molar-refractivity contribution in [2.45, 2.75) is 99.8 Å². The lowest BCUT2D eigenvalue weighted by Gasteiger charge is -2.48. The van der Waals surface area contributed by atoms with Gasteiger partial charge in [-0.15, -0.1) is 0 Å². The van der Waals surface area contributed by atoms with Gasteiger partial charge < -0.3 is 52.7 Å². The largest absolute Gasteiger partial charge is 0.467 e. The number of carbonyl (C=O) groups excluding carboxylic acids is 7. The van der Waals surface area contributed by atoms with Crippen molar-refractivity contribution in [1.82, 2.24) is 5.32 Å². The zero-order valence-electron chi connectivity index (χ0n) is 26.1. The third-order valence-electron chi connectivity index (χ3n) is 6.31. The normalized spacial score (nSPS) is 30.6. The van der Waals surface area contributed by atoms with E-state index >= 15 is 0 Å². The molecule has 18 nitrogen and oxygen atoms in total. The minimum Gasteiger partial charge on any atom is -0.467 e. The van der Waals surface area contributed by atoms with Crippen LogP contribution in [0.2, 0.25) is 0 Å². The van der Waals surface area contributed by atoms with E-state index in [1.807, 2.05) is 0 Å². The summed E-state index contributed by atoms with van der Waals surface area (Å²) in [6.45, 7) is 4.46. The Kier molecular flexibility index (Phi) is 14.9. The lowest BCUT2D eigenvalue weighted by atomic mass is 9.94. The Morgan fingerprint density at radius 3 is 1.64 bits per heavy atom. The number of rotatable bonds is 11. The molecule has 0 saturated carbocycles. The maximum absolute atomic E-state index is 13.0. The van der Waals surface area contributed by atoms with Gasteiger partial charge >= 0.3 is 35.8 Å². The summed E-state index contributed by atoms with van der Waals surface area (Å²) in [4.78, 5) is 86.3. The van der Waals surface area contributed by atoms with Gasteiger partial charge in [-0.1, -0.05) is 34.8 Å². The van der Waals surface area contributed by atoms with Gasteiger partial charge in [-0.3, -0.25) is 28.8 Å². The third kappa shape index (κ3) is 11.3. The van der Waals surface area contributed by atoms with Crippen molar-refractivity contribution in [2.75, 3.05) is 20.8 Å². The topological polar surface area (TPSA) is 224 Å². The third-order valence-corrected chi connectivity index (χ3v) is 6.83. The van der Waals surface area contributed by atoms with Crippen molar-refractivity contribution in [3.8, 4) is 0 Å². The highest BCUT2D eigenvalue weighted by Gasteiger charge is 2.58. The van der Waals surface area contributed by atoms with E-state index in [9.17, 15) is 33.6 Å². The number of alkyl halides is 3. The average molecular weight is 739 g/mol. The minimum atomic E-state index is -2.62. The molecule has 0 bridgehead atoms. The molecule has 2 saturated heterocycles. The van der Waals surface area contributed by atoms with Gasteiger partial charge in [0, 0.05) is 41.7 Å². The van der Waals surface area contributed by atoms with Crippen LogP contribution in [-0.4, -0.2) is 128 Å². The van der Waals surface area contributed by atoms with Crippen LogP contribution in [0.25, 0.3) is 0 Å². The smallest absolute Gasteiger partial charge is 0.338 e. The molecule has 1 N–H and O–H groups in total. The summed E-state index contributed by atoms with van der Waals surface area (Å²) >= 11 is 17.3. The highest BCUT2D eigenvalue weighted by molar-refractivity contribution is 6.76. The van der Waals surface area contributed by atoms with Crippen molar-refractivity contribution in [3.05, 3.63) is 0 Å². The van der Waals surface area contributed by atoms with Crippen LogP contribution in [0.3, 0.4) is 0 Å². The van der Waals surface area contributed by atoms with Crippen molar-refractivity contribution in [1.29, 1.82) is 0 Å². The lowest BCUT2D eigenvalue weighted by Crippen LogP contribution is -2.70. The van der Waals surface area contributed by atoms with Crippen molar-refractivity contribution >= 4 is 76.5 Å². The molecule has 0 radical (unpaired) electrons. The molecule has 21 heteroatoms. The van der Waals surface area contributed by atoms with Crippen molar-refractivity contribution < 1.29 is 80.9 Å². The van der Waals surface area contributed by atoms with Crippen LogP contribution in [0, 0.1) is 0 Å². The Balaban J connectivity index is 2.79. The average Bonchev–Trinajstić information content (AvgIpc) is 2.94. The van der Waals surface area contributed by atoms with Gasteiger partial charge in [0.2, 0.25) is 0 Å². The number of amides is 1. The lowest BCUT2D eigenvalue weighted by molar-refractivity contribution is -0.340. The number of carbonyl (C=O) groups is 7. The van der Waals surface area contributed by atoms with E-state index in [2.05, 4.69) is 5.32 Å². The van der Waals surface area contributed by atoms with Crippen LogP contribution in [0.15, 0.2) is 0 Å². The molecule has 10 atom stereocenters. The molecule has 0 aromatic rings. The molecular formula is C26H34Cl3NO17. The SMILES string of the molecule is COC(=O)[C@H]1O[C@@H](OC)[C@H](OC(C)=O)[C@@H](OC(C)=O)[C@@H]1O[C@@H]1O[C@H](COC(C)=O)[C@H](OC(C)=O)[C@H](OC(C)=O)[C@H]1NC(=O)C(Cl)(Cl)Cl. The molecule has 0 unspecified atom stereocenters. The molecule has 266 valence electrons. The van der Waals surface area contributed by atoms with E-state index in [4.69, 9.17) is 82.2 Å². The molecule has 2 fully saturated rings. The fraction of sp³-hybridized carbons (Fsp3) is 0.731. The molecule has 0 aromatic carbocycles. The first-order valence-electron chi connectivity index (χ1n) is 13.6. The second kappa shape index (κ2) is 17.4. The summed E-state index contributed by atoms with van der Waals surface area (Å²) in [7, 11) is 2.15. The summed E-state index contributed by atoms with van der Waals surface area (Å²) in [5.74, 6) is -6.89. The first-order chi connectivity index (χ1) is 21.8. The van der Waals surface area contributed by atoms with Gasteiger partial charge in [0.1, 0.15) is 24.9 Å². The zero-order valence-corrected chi connectivity index (χ0v) is 28.3. The van der Waals surface area contributed by atoms with E-state index in [-0.39, 0.29) is 0 Å². The number of hydrogen-bond donors (Lipinski definition) is 1. The maximum Gasteiger partial charge on any atom is 0.338 e. The molecule has 2 aliphatic rings. The Morgan fingerprint density at radius 2 is 1.17 bits per heavy atom. The van der Waals surface area contributed by atoms with E-state index < -0.39 is 113 Å². The second-order valence-corrected chi connectivity index (χ2v) is 12.2. The highest BCUT2D eigenvalue weighted by atomic mass is 35.6. The van der Waals surface area contributed by atoms with E-state index in [0.29, 0.717) is 0 Å². The summed E-state index contributed by atoms with van der Waals surface area (Å²) in [5, 5.41) is 2.28. The van der Waals surface area contributed by atoms with E-state index in [1.54, 1.807) is 0 Å². The molecular weight excluding hydrogens is 705 g/mol. The monoisotopic (exact) mass is 737 g/mol. The van der Waals surface area contributed by atoms with Crippen LogP contribution in [0.1, 0.15) is 34.6 Å². The van der Waals surface area contributed by atoms with Crippen molar-refractivity contribution in [3.63, 3.8) is 0 Å². The predicted molar refractivity (Wildman–Crippen MR) is 152 cm³/mol. The molecule has 0 aromatic heterocycles. The van der Waals surface area contributed by atoms with Crippen LogP contribution < -0.4 is 5.32 Å². The van der Waals surface area contributed by atoms with Gasteiger partial charge in [-0.05, 0) is 0 Å². The standard InChI is InChI=1S/C26H34Cl3NO17/c1-9(31)40-8-14-16(41-10(2)32)17(42-11(3)33)15(30-25(37)26(27,28)29)23(45-14)46-18-19(43-12(4)34)21(44-13(5)35)24(39-7)47-20(18)22(36)38-6/h14-21,23-24H,8H2,1-7H3,(H,30,37)/t14-,15-,16+,17-,18+,19+,20+,21-,23+,24-/m1/s1. The molecule has 2 aliphatic heterocycles. The Bertz CT molecular complexity index is 1200. The quantitative estimate of drug-likeness (QED) is 0.164. The number of esters is 6. The van der Waals surface area contributed by atoms with Crippen LogP contribution in [0.4, 0.5) is 0 Å². The van der Waals surface area contributed by atoms with Crippen molar-refractivity contribution in [2.24, 2.45) is 0 Å². The summed E-state index contributed by atoms with van der Waals surface area (Å²) in [6, 6.07) is -1.75. The number of ether oxygens (including phenoxy) is 10. The van der Waals surface area contributed by atoms with Gasteiger partial charge in [0.15, 0.2) is 43.1 Å². The molecule has 0 aliphatic carbocycles. The predicted octanol–water partition coefficient (Wildman–Crippen LogP) is -0.214. The number of methoxy groups -OCH3 is 2. The van der Waals surface area contributed by atoms with Gasteiger partial charge in [0.25, 0.3) is 9.70 Å². The molecule has 47 heavy (non-hydrogen) atoms. The fourth-order valence-corrected chi connectivity index (χ4v) is 4.82. The maximum atomic E-state index is 13.0. The summed E-state index contributed by atoms with van der Waals surface area (Å²) in [6.07, 6.45) is -15.1. The number of nitrogens with one attached hydrogen (secondary N) is 1. The summed E-state index contributed by atoms with van der Waals surface area (Å²) in [5.41, 5.74) is 0. The second-order valence-electron chi connectivity index (χ2n) is 9.92. The molecule has 1 amide bonds. The van der Waals surface area contributed by atoms with Crippen LogP contribution >= 0.6 is 34.8 Å². The molecule has 2 rings (SSSR count). The Labute approximate surface area is 283 Å². The Morgan fingerprint density at radius 1 is 0.660 bits per heavy atom. The number of hydrogen-bond acceptors (Lipinski definition) is 17. The van der Waals surface area contributed by atoms with Crippen LogP contribution in [0.5, 0.6) is 0 Å². The van der Waals surface area contributed by atoms with Gasteiger partial charge in [0.05, 0.1) is 7.11 Å². The first-order valence-corrected chi connectivity index (χ1v) is 14.7. The van der Waals surface area contributed by atoms with E-state index in [0.717, 1.165) is 48.8 Å². The first kappa shape index (κ1) is 40.2. The molecule has 0 spiro atoms. The van der Waals surface area contributed by atoms with Gasteiger partial charge in [-0.25, -0.2) is 4.79 Å². The minimum absolute atomic E-state index is 0.632. The fourth-order valence-electron chi connectivity index (χ4n) is 4.66. The van der Waals surface area contributed by atoms with Crippen LogP contribution in [-0.2, 0) is 80.9 Å².